The van der Waals surface area contributed by atoms with E-state index >= 15 is 0 Å². The zero-order chi connectivity index (χ0) is 11.4. The Morgan fingerprint density at radius 2 is 2.20 bits per heavy atom. The van der Waals surface area contributed by atoms with Gasteiger partial charge in [-0.25, -0.2) is 9.78 Å². The number of carbonyl (C=O) groups excluding carboxylic acids is 1. The maximum absolute atomic E-state index is 11.3. The highest BCUT2D eigenvalue weighted by atomic mass is 35.5. The lowest BCUT2D eigenvalue weighted by Crippen LogP contribution is -2.24. The minimum atomic E-state index is -1.15. The van der Waals surface area contributed by atoms with E-state index in [0.717, 1.165) is 0 Å². The molecule has 0 aliphatic carbocycles. The molecule has 0 radical (unpaired) electrons. The molecule has 0 aliphatic rings. The number of hydrogen-bond donors (Lipinski definition) is 2. The van der Waals surface area contributed by atoms with E-state index in [1.54, 1.807) is 6.92 Å². The van der Waals surface area contributed by atoms with Gasteiger partial charge in [-0.3, -0.25) is 4.79 Å². The molecule has 0 saturated heterocycles. The Morgan fingerprint density at radius 3 is 2.73 bits per heavy atom. The third kappa shape index (κ3) is 2.92. The summed E-state index contributed by atoms with van der Waals surface area (Å²) >= 11 is 5.58. The predicted molar refractivity (Wildman–Crippen MR) is 54.2 cm³/mol. The van der Waals surface area contributed by atoms with Crippen molar-refractivity contribution >= 4 is 23.5 Å². The van der Waals surface area contributed by atoms with Gasteiger partial charge >= 0.3 is 5.97 Å². The second-order valence-corrected chi connectivity index (χ2v) is 3.12. The molecule has 1 amide bonds. The Bertz CT molecular complexity index is 406. The smallest absolute Gasteiger partial charge is 0.335 e. The van der Waals surface area contributed by atoms with Crippen LogP contribution in [0, 0.1) is 0 Å². The van der Waals surface area contributed by atoms with Gasteiger partial charge in [0.05, 0.1) is 5.56 Å². The molecule has 15 heavy (non-hydrogen) atoms. The average molecular weight is 229 g/mol. The average Bonchev–Trinajstić information content (AvgIpc) is 2.17. The molecule has 5 nitrogen and oxygen atoms in total. The minimum absolute atomic E-state index is 0.00162. The van der Waals surface area contributed by atoms with Gasteiger partial charge in [0.15, 0.2) is 0 Å². The summed E-state index contributed by atoms with van der Waals surface area (Å²) in [5, 5.41) is 11.2. The molecule has 0 aliphatic heterocycles. The molecule has 0 spiro atoms. The first-order valence-electron chi connectivity index (χ1n) is 4.23. The Balaban J connectivity index is 3.09. The molecule has 6 heteroatoms. The molecule has 0 unspecified atom stereocenters. The van der Waals surface area contributed by atoms with Gasteiger partial charge in [-0.2, -0.15) is 0 Å². The lowest BCUT2D eigenvalue weighted by Gasteiger charge is -2.03. The van der Waals surface area contributed by atoms with E-state index in [0.29, 0.717) is 6.54 Å². The summed E-state index contributed by atoms with van der Waals surface area (Å²) in [4.78, 5) is 25.7. The van der Waals surface area contributed by atoms with Gasteiger partial charge in [0.25, 0.3) is 5.91 Å². The van der Waals surface area contributed by atoms with Crippen molar-refractivity contribution in [2.24, 2.45) is 0 Å². The number of hydrogen-bond acceptors (Lipinski definition) is 3. The summed E-state index contributed by atoms with van der Waals surface area (Å²) in [5.41, 5.74) is -0.0574. The van der Waals surface area contributed by atoms with Crippen molar-refractivity contribution in [1.82, 2.24) is 10.3 Å². The number of aromatic nitrogens is 1. The van der Waals surface area contributed by atoms with Crippen molar-refractivity contribution < 1.29 is 14.7 Å². The van der Waals surface area contributed by atoms with Crippen LogP contribution in [0.15, 0.2) is 12.1 Å². The molecule has 2 N–H and O–H groups in total. The van der Waals surface area contributed by atoms with E-state index in [1.165, 1.54) is 12.1 Å². The number of pyridine rings is 1. The number of amides is 1. The van der Waals surface area contributed by atoms with Gasteiger partial charge in [-0.1, -0.05) is 11.6 Å². The zero-order valence-electron chi connectivity index (χ0n) is 7.95. The molecular weight excluding hydrogens is 220 g/mol. The molecule has 1 heterocycles. The number of carboxylic acids is 1. The van der Waals surface area contributed by atoms with E-state index in [2.05, 4.69) is 10.3 Å². The Labute approximate surface area is 91.1 Å². The second-order valence-electron chi connectivity index (χ2n) is 2.73. The number of halogens is 1. The van der Waals surface area contributed by atoms with Crippen molar-refractivity contribution in [2.75, 3.05) is 6.54 Å². The van der Waals surface area contributed by atoms with Gasteiger partial charge in [0.2, 0.25) is 0 Å². The van der Waals surface area contributed by atoms with E-state index in [4.69, 9.17) is 16.7 Å². The minimum Gasteiger partial charge on any atom is -0.478 e. The fourth-order valence-corrected chi connectivity index (χ4v) is 1.20. The van der Waals surface area contributed by atoms with Crippen LogP contribution in [-0.4, -0.2) is 28.5 Å². The standard InChI is InChI=1S/C9H9ClN2O3/c1-2-11-8(13)6-3-5(9(14)15)4-7(10)12-6/h3-4H,2H2,1H3,(H,11,13)(H,14,15). The van der Waals surface area contributed by atoms with Gasteiger partial charge in [-0.15, -0.1) is 0 Å². The van der Waals surface area contributed by atoms with Crippen LogP contribution in [0.3, 0.4) is 0 Å². The lowest BCUT2D eigenvalue weighted by molar-refractivity contribution is 0.0696. The zero-order valence-corrected chi connectivity index (χ0v) is 8.71. The van der Waals surface area contributed by atoms with Crippen LogP contribution >= 0.6 is 11.6 Å². The fourth-order valence-electron chi connectivity index (χ4n) is 0.988. The molecular formula is C9H9ClN2O3. The van der Waals surface area contributed by atoms with Crippen LogP contribution in [0.25, 0.3) is 0 Å². The third-order valence-electron chi connectivity index (χ3n) is 1.61. The maximum atomic E-state index is 11.3. The number of rotatable bonds is 3. The van der Waals surface area contributed by atoms with Gasteiger partial charge in [0.1, 0.15) is 10.8 Å². The van der Waals surface area contributed by atoms with Gasteiger partial charge < -0.3 is 10.4 Å². The third-order valence-corrected chi connectivity index (χ3v) is 1.80. The van der Waals surface area contributed by atoms with Crippen LogP contribution in [0.2, 0.25) is 5.15 Å². The molecule has 0 atom stereocenters. The van der Waals surface area contributed by atoms with E-state index < -0.39 is 11.9 Å². The molecule has 0 fully saturated rings. The first-order chi connectivity index (χ1) is 7.04. The van der Waals surface area contributed by atoms with Crippen molar-refractivity contribution in [2.45, 2.75) is 6.92 Å². The Morgan fingerprint density at radius 1 is 1.53 bits per heavy atom. The van der Waals surface area contributed by atoms with Crippen molar-refractivity contribution in [1.29, 1.82) is 0 Å². The van der Waals surface area contributed by atoms with E-state index in [9.17, 15) is 9.59 Å². The highest BCUT2D eigenvalue weighted by molar-refractivity contribution is 6.30. The molecule has 80 valence electrons. The number of carboxylic acid groups (broad SMARTS) is 1. The number of nitrogens with zero attached hydrogens (tertiary/aromatic N) is 1. The molecule has 0 bridgehead atoms. The quantitative estimate of drug-likeness (QED) is 0.762. The molecule has 1 rings (SSSR count). The monoisotopic (exact) mass is 228 g/mol. The first-order valence-corrected chi connectivity index (χ1v) is 4.61. The summed E-state index contributed by atoms with van der Waals surface area (Å²) in [7, 11) is 0. The van der Waals surface area contributed by atoms with Crippen LogP contribution in [0.1, 0.15) is 27.8 Å². The van der Waals surface area contributed by atoms with Crippen molar-refractivity contribution in [3.63, 3.8) is 0 Å². The molecule has 0 aromatic carbocycles. The van der Waals surface area contributed by atoms with Gasteiger partial charge in [-0.05, 0) is 19.1 Å². The Hall–Kier alpha value is -1.62. The van der Waals surface area contributed by atoms with E-state index in [1.807, 2.05) is 0 Å². The summed E-state index contributed by atoms with van der Waals surface area (Å²) in [6, 6.07) is 2.37. The SMILES string of the molecule is CCNC(=O)c1cc(C(=O)O)cc(Cl)n1. The van der Waals surface area contributed by atoms with Crippen LogP contribution in [0.4, 0.5) is 0 Å². The van der Waals surface area contributed by atoms with Crippen LogP contribution in [0.5, 0.6) is 0 Å². The highest BCUT2D eigenvalue weighted by Crippen LogP contribution is 2.10. The maximum Gasteiger partial charge on any atom is 0.335 e. The van der Waals surface area contributed by atoms with Crippen LogP contribution in [-0.2, 0) is 0 Å². The first kappa shape index (κ1) is 11.5. The summed E-state index contributed by atoms with van der Waals surface area (Å²) in [5.74, 6) is -1.59. The lowest BCUT2D eigenvalue weighted by atomic mass is 10.2. The normalized spacial score (nSPS) is 9.73. The van der Waals surface area contributed by atoms with Crippen LogP contribution < -0.4 is 5.32 Å². The summed E-state index contributed by atoms with van der Waals surface area (Å²) in [6.07, 6.45) is 0. The topological polar surface area (TPSA) is 79.3 Å². The Kier molecular flexibility index (Phi) is 3.62. The number of aromatic carboxylic acids is 1. The molecule has 1 aromatic rings. The summed E-state index contributed by atoms with van der Waals surface area (Å²) < 4.78 is 0. The second kappa shape index (κ2) is 4.75. The number of carbonyl (C=O) groups is 2. The fraction of sp³-hybridized carbons (Fsp3) is 0.222. The molecule has 1 aromatic heterocycles. The predicted octanol–water partition coefficient (Wildman–Crippen LogP) is 1.18. The van der Waals surface area contributed by atoms with Gasteiger partial charge in [0, 0.05) is 6.54 Å². The van der Waals surface area contributed by atoms with E-state index in [-0.39, 0.29) is 16.4 Å². The highest BCUT2D eigenvalue weighted by Gasteiger charge is 2.12. The largest absolute Gasteiger partial charge is 0.478 e. The molecule has 0 saturated carbocycles. The number of nitrogens with one attached hydrogen (secondary N) is 1. The summed E-state index contributed by atoms with van der Waals surface area (Å²) in [6.45, 7) is 2.19. The van der Waals surface area contributed by atoms with Crippen molar-refractivity contribution in [3.8, 4) is 0 Å². The van der Waals surface area contributed by atoms with Crippen molar-refractivity contribution in [3.05, 3.63) is 28.5 Å².